The molecule has 0 amide bonds. The summed E-state index contributed by atoms with van der Waals surface area (Å²) in [6, 6.07) is 10.5. The van der Waals surface area contributed by atoms with Crippen molar-refractivity contribution in [3.8, 4) is 0 Å². The normalized spacial score (nSPS) is 18.6. The molecule has 2 rings (SSSR count). The van der Waals surface area contributed by atoms with Crippen LogP contribution in [0.3, 0.4) is 0 Å². The second-order valence-electron chi connectivity index (χ2n) is 5.06. The van der Waals surface area contributed by atoms with Gasteiger partial charge in [0.1, 0.15) is 0 Å². The first-order valence-corrected chi connectivity index (χ1v) is 8.50. The van der Waals surface area contributed by atoms with E-state index in [1.54, 1.807) is 6.92 Å². The largest absolute Gasteiger partial charge is 0.299 e. The summed E-state index contributed by atoms with van der Waals surface area (Å²) in [5, 5.41) is 0. The summed E-state index contributed by atoms with van der Waals surface area (Å²) >= 11 is 0. The van der Waals surface area contributed by atoms with Gasteiger partial charge in [-0.2, -0.15) is 0 Å². The maximum absolute atomic E-state index is 11.5. The number of likely N-dealkylation sites (tertiary alicyclic amines) is 1. The molecule has 0 bridgehead atoms. The highest BCUT2D eigenvalue weighted by Crippen LogP contribution is 2.14. The third-order valence-corrected chi connectivity index (χ3v) is 5.02. The molecule has 1 fully saturated rings. The molecule has 1 heterocycles. The summed E-state index contributed by atoms with van der Waals surface area (Å²) < 4.78 is 25.8. The quantitative estimate of drug-likeness (QED) is 0.892. The molecule has 1 aromatic rings. The van der Waals surface area contributed by atoms with Gasteiger partial charge in [0.05, 0.1) is 5.75 Å². The van der Waals surface area contributed by atoms with Crippen LogP contribution in [0, 0.1) is 0 Å². The van der Waals surface area contributed by atoms with Crippen LogP contribution in [0.15, 0.2) is 30.3 Å². The molecule has 0 unspecified atom stereocenters. The highest BCUT2D eigenvalue weighted by molar-refractivity contribution is 7.89. The maximum atomic E-state index is 11.5. The van der Waals surface area contributed by atoms with Crippen molar-refractivity contribution in [1.82, 2.24) is 9.62 Å². The van der Waals surface area contributed by atoms with Gasteiger partial charge in [-0.05, 0) is 25.3 Å². The predicted octanol–water partition coefficient (Wildman–Crippen LogP) is 1.59. The zero-order valence-electron chi connectivity index (χ0n) is 11.4. The molecule has 0 aliphatic carbocycles. The Bertz CT molecular complexity index is 479. The van der Waals surface area contributed by atoms with Crippen molar-refractivity contribution in [2.45, 2.75) is 32.4 Å². The molecule has 0 atom stereocenters. The molecule has 1 N–H and O–H groups in total. The number of nitrogens with one attached hydrogen (secondary N) is 1. The van der Waals surface area contributed by atoms with Gasteiger partial charge in [-0.1, -0.05) is 30.3 Å². The smallest absolute Gasteiger partial charge is 0.211 e. The molecule has 1 saturated heterocycles. The van der Waals surface area contributed by atoms with E-state index in [1.807, 2.05) is 6.07 Å². The van der Waals surface area contributed by atoms with Crippen LogP contribution in [0.25, 0.3) is 0 Å². The van der Waals surface area contributed by atoms with E-state index in [9.17, 15) is 8.42 Å². The monoisotopic (exact) mass is 282 g/mol. The summed E-state index contributed by atoms with van der Waals surface area (Å²) in [6.07, 6.45) is 1.79. The Kier molecular flexibility index (Phi) is 4.96. The lowest BCUT2D eigenvalue weighted by Crippen LogP contribution is -2.44. The van der Waals surface area contributed by atoms with Crippen LogP contribution in [-0.4, -0.2) is 38.2 Å². The first kappa shape index (κ1) is 14.5. The lowest BCUT2D eigenvalue weighted by Gasteiger charge is -2.32. The van der Waals surface area contributed by atoms with Gasteiger partial charge in [0.15, 0.2) is 0 Å². The van der Waals surface area contributed by atoms with Crippen molar-refractivity contribution in [1.29, 1.82) is 0 Å². The second kappa shape index (κ2) is 6.50. The zero-order chi connectivity index (χ0) is 13.7. The topological polar surface area (TPSA) is 49.4 Å². The van der Waals surface area contributed by atoms with E-state index in [4.69, 9.17) is 0 Å². The van der Waals surface area contributed by atoms with Gasteiger partial charge in [-0.15, -0.1) is 0 Å². The fourth-order valence-corrected chi connectivity index (χ4v) is 3.30. The van der Waals surface area contributed by atoms with Crippen LogP contribution in [0.4, 0.5) is 0 Å². The van der Waals surface area contributed by atoms with Crippen molar-refractivity contribution < 1.29 is 8.42 Å². The first-order chi connectivity index (χ1) is 9.09. The van der Waals surface area contributed by atoms with Crippen LogP contribution < -0.4 is 4.72 Å². The average molecular weight is 282 g/mol. The van der Waals surface area contributed by atoms with E-state index in [0.717, 1.165) is 32.5 Å². The predicted molar refractivity (Wildman–Crippen MR) is 77.3 cm³/mol. The minimum Gasteiger partial charge on any atom is -0.299 e. The average Bonchev–Trinajstić information content (AvgIpc) is 2.42. The van der Waals surface area contributed by atoms with Crippen LogP contribution in [0.5, 0.6) is 0 Å². The minimum absolute atomic E-state index is 0.108. The fourth-order valence-electron chi connectivity index (χ4n) is 2.39. The molecule has 5 heteroatoms. The lowest BCUT2D eigenvalue weighted by molar-refractivity contribution is 0.200. The van der Waals surface area contributed by atoms with Gasteiger partial charge in [-0.3, -0.25) is 4.90 Å². The van der Waals surface area contributed by atoms with Crippen molar-refractivity contribution in [2.24, 2.45) is 0 Å². The van der Waals surface area contributed by atoms with Crippen LogP contribution in [-0.2, 0) is 16.6 Å². The number of piperidine rings is 1. The van der Waals surface area contributed by atoms with Gasteiger partial charge < -0.3 is 0 Å². The number of nitrogens with zero attached hydrogens (tertiary/aromatic N) is 1. The number of sulfonamides is 1. The Morgan fingerprint density at radius 2 is 1.84 bits per heavy atom. The summed E-state index contributed by atoms with van der Waals surface area (Å²) in [7, 11) is -3.06. The van der Waals surface area contributed by atoms with Crippen molar-refractivity contribution in [3.63, 3.8) is 0 Å². The molecule has 4 nitrogen and oxygen atoms in total. The molecule has 19 heavy (non-hydrogen) atoms. The molecule has 1 aromatic carbocycles. The van der Waals surface area contributed by atoms with Crippen LogP contribution in [0.1, 0.15) is 25.3 Å². The Morgan fingerprint density at radius 1 is 1.21 bits per heavy atom. The molecular formula is C14H22N2O2S. The van der Waals surface area contributed by atoms with Gasteiger partial charge in [0.25, 0.3) is 0 Å². The SMILES string of the molecule is CCS(=O)(=O)NC1CCN(Cc2ccccc2)CC1. The molecule has 1 aliphatic heterocycles. The maximum Gasteiger partial charge on any atom is 0.211 e. The van der Waals surface area contributed by atoms with Gasteiger partial charge >= 0.3 is 0 Å². The molecule has 0 spiro atoms. The Morgan fingerprint density at radius 3 is 2.42 bits per heavy atom. The molecule has 0 aromatic heterocycles. The number of hydrogen-bond acceptors (Lipinski definition) is 3. The molecule has 106 valence electrons. The van der Waals surface area contributed by atoms with Crippen molar-refractivity contribution in [3.05, 3.63) is 35.9 Å². The number of benzene rings is 1. The Balaban J connectivity index is 1.80. The lowest BCUT2D eigenvalue weighted by atomic mass is 10.1. The Labute approximate surface area is 115 Å². The summed E-state index contributed by atoms with van der Waals surface area (Å²) in [5.74, 6) is 0.164. The van der Waals surface area contributed by atoms with Gasteiger partial charge in [0, 0.05) is 25.7 Å². The molecule has 0 saturated carbocycles. The third-order valence-electron chi connectivity index (χ3n) is 3.56. The number of rotatable bonds is 5. The Hall–Kier alpha value is -0.910. The standard InChI is InChI=1S/C14H22N2O2S/c1-2-19(17,18)15-14-8-10-16(11-9-14)12-13-6-4-3-5-7-13/h3-7,14-15H,2,8-12H2,1H3. The summed E-state index contributed by atoms with van der Waals surface area (Å²) in [4.78, 5) is 2.38. The minimum atomic E-state index is -3.06. The van der Waals surface area contributed by atoms with E-state index >= 15 is 0 Å². The first-order valence-electron chi connectivity index (χ1n) is 6.85. The molecule has 0 radical (unpaired) electrons. The van der Waals surface area contributed by atoms with Crippen LogP contribution in [0.2, 0.25) is 0 Å². The second-order valence-corrected chi connectivity index (χ2v) is 7.10. The van der Waals surface area contributed by atoms with E-state index in [-0.39, 0.29) is 11.8 Å². The van der Waals surface area contributed by atoms with Gasteiger partial charge in [0.2, 0.25) is 10.0 Å². The molecular weight excluding hydrogens is 260 g/mol. The van der Waals surface area contributed by atoms with E-state index in [1.165, 1.54) is 5.56 Å². The van der Waals surface area contributed by atoms with Crippen molar-refractivity contribution >= 4 is 10.0 Å². The van der Waals surface area contributed by atoms with E-state index < -0.39 is 10.0 Å². The fraction of sp³-hybridized carbons (Fsp3) is 0.571. The molecule has 1 aliphatic rings. The zero-order valence-corrected chi connectivity index (χ0v) is 12.2. The summed E-state index contributed by atoms with van der Waals surface area (Å²) in [6.45, 7) is 4.53. The third kappa shape index (κ3) is 4.60. The highest BCUT2D eigenvalue weighted by Gasteiger charge is 2.22. The van der Waals surface area contributed by atoms with Crippen LogP contribution >= 0.6 is 0 Å². The highest BCUT2D eigenvalue weighted by atomic mass is 32.2. The van der Waals surface area contributed by atoms with E-state index in [0.29, 0.717) is 0 Å². The number of hydrogen-bond donors (Lipinski definition) is 1. The van der Waals surface area contributed by atoms with E-state index in [2.05, 4.69) is 33.9 Å². The van der Waals surface area contributed by atoms with Gasteiger partial charge in [-0.25, -0.2) is 13.1 Å². The van der Waals surface area contributed by atoms with Crippen molar-refractivity contribution in [2.75, 3.05) is 18.8 Å². The summed E-state index contributed by atoms with van der Waals surface area (Å²) in [5.41, 5.74) is 1.31.